The highest BCUT2D eigenvalue weighted by Crippen LogP contribution is 2.25. The number of anilines is 1. The van der Waals surface area contributed by atoms with Crippen LogP contribution in [0.2, 0.25) is 0 Å². The van der Waals surface area contributed by atoms with E-state index < -0.39 is 17.7 Å². The first kappa shape index (κ1) is 26.7. The summed E-state index contributed by atoms with van der Waals surface area (Å²) in [6.45, 7) is 9.17. The van der Waals surface area contributed by atoms with Crippen LogP contribution in [0.5, 0.6) is 5.75 Å². The van der Waals surface area contributed by atoms with Gasteiger partial charge in [-0.05, 0) is 63.9 Å². The first-order valence-corrected chi connectivity index (χ1v) is 11.3. The molecular weight excluding hydrogens is 434 g/mol. The van der Waals surface area contributed by atoms with Crippen molar-refractivity contribution in [3.8, 4) is 5.75 Å². The number of ether oxygens (including phenoxy) is 2. The summed E-state index contributed by atoms with van der Waals surface area (Å²) in [5.41, 5.74) is 1.62. The molecule has 0 saturated heterocycles. The number of carbonyl (C=O) groups is 3. The number of carbonyl (C=O) groups excluding carboxylic acids is 3. The Morgan fingerprint density at radius 2 is 1.62 bits per heavy atom. The highest BCUT2D eigenvalue weighted by molar-refractivity contribution is 5.98. The summed E-state index contributed by atoms with van der Waals surface area (Å²) < 4.78 is 10.4. The van der Waals surface area contributed by atoms with Crippen LogP contribution in [0.15, 0.2) is 48.5 Å². The van der Waals surface area contributed by atoms with Gasteiger partial charge in [-0.3, -0.25) is 9.59 Å². The van der Waals surface area contributed by atoms with Crippen molar-refractivity contribution in [1.29, 1.82) is 0 Å². The van der Waals surface area contributed by atoms with E-state index in [2.05, 4.69) is 10.6 Å². The molecule has 0 saturated carbocycles. The SMILES string of the molecule is CCCN(C(=O)CNC(=O)OC(C)(C)C)C(C(=O)Nc1ccc(OC)cc1)c1ccc(C)cc1. The lowest BCUT2D eigenvalue weighted by Gasteiger charge is -2.31. The van der Waals surface area contributed by atoms with Crippen LogP contribution < -0.4 is 15.4 Å². The lowest BCUT2D eigenvalue weighted by atomic mass is 10.0. The van der Waals surface area contributed by atoms with E-state index in [1.165, 1.54) is 4.90 Å². The topological polar surface area (TPSA) is 97.0 Å². The van der Waals surface area contributed by atoms with Crippen molar-refractivity contribution in [3.05, 3.63) is 59.7 Å². The summed E-state index contributed by atoms with van der Waals surface area (Å²) in [5, 5.41) is 5.39. The van der Waals surface area contributed by atoms with Crippen molar-refractivity contribution in [2.45, 2.75) is 52.7 Å². The Labute approximate surface area is 201 Å². The summed E-state index contributed by atoms with van der Waals surface area (Å²) in [7, 11) is 1.57. The van der Waals surface area contributed by atoms with Crippen molar-refractivity contribution in [2.24, 2.45) is 0 Å². The Morgan fingerprint density at radius 1 is 1.00 bits per heavy atom. The Kier molecular flexibility index (Phi) is 9.47. The molecule has 0 aliphatic carbocycles. The molecule has 1 atom stereocenters. The summed E-state index contributed by atoms with van der Waals surface area (Å²) in [5.74, 6) is -0.0691. The summed E-state index contributed by atoms with van der Waals surface area (Å²) in [6.07, 6.45) is -0.0528. The van der Waals surface area contributed by atoms with E-state index in [9.17, 15) is 14.4 Å². The molecule has 2 aromatic rings. The number of rotatable bonds is 9. The molecule has 184 valence electrons. The average molecular weight is 470 g/mol. The van der Waals surface area contributed by atoms with Gasteiger partial charge in [-0.25, -0.2) is 4.79 Å². The molecule has 34 heavy (non-hydrogen) atoms. The molecule has 1 unspecified atom stereocenters. The molecule has 0 aliphatic heterocycles. The first-order chi connectivity index (χ1) is 16.0. The predicted molar refractivity (Wildman–Crippen MR) is 132 cm³/mol. The fraction of sp³-hybridized carbons (Fsp3) is 0.423. The van der Waals surface area contributed by atoms with Gasteiger partial charge < -0.3 is 25.0 Å². The number of hydrogen-bond donors (Lipinski definition) is 2. The van der Waals surface area contributed by atoms with Gasteiger partial charge in [0.15, 0.2) is 0 Å². The average Bonchev–Trinajstić information content (AvgIpc) is 2.77. The number of methoxy groups -OCH3 is 1. The summed E-state index contributed by atoms with van der Waals surface area (Å²) in [4.78, 5) is 40.2. The van der Waals surface area contributed by atoms with E-state index in [4.69, 9.17) is 9.47 Å². The maximum Gasteiger partial charge on any atom is 0.408 e. The Bertz CT molecular complexity index is 965. The molecule has 2 aromatic carbocycles. The fourth-order valence-electron chi connectivity index (χ4n) is 3.31. The van der Waals surface area contributed by atoms with Gasteiger partial charge in [0.25, 0.3) is 5.91 Å². The molecule has 0 aromatic heterocycles. The zero-order chi connectivity index (χ0) is 25.3. The van der Waals surface area contributed by atoms with E-state index in [-0.39, 0.29) is 18.4 Å². The zero-order valence-electron chi connectivity index (χ0n) is 20.8. The molecule has 8 nitrogen and oxygen atoms in total. The second kappa shape index (κ2) is 12.1. The number of nitrogens with zero attached hydrogens (tertiary/aromatic N) is 1. The van der Waals surface area contributed by atoms with Crippen LogP contribution >= 0.6 is 0 Å². The van der Waals surface area contributed by atoms with Crippen molar-refractivity contribution in [3.63, 3.8) is 0 Å². The van der Waals surface area contributed by atoms with Gasteiger partial charge in [-0.1, -0.05) is 36.8 Å². The van der Waals surface area contributed by atoms with Crippen LogP contribution in [0, 0.1) is 6.92 Å². The van der Waals surface area contributed by atoms with E-state index in [1.807, 2.05) is 38.1 Å². The molecular formula is C26H35N3O5. The number of benzene rings is 2. The van der Waals surface area contributed by atoms with E-state index in [0.29, 0.717) is 30.0 Å². The number of nitrogens with one attached hydrogen (secondary N) is 2. The van der Waals surface area contributed by atoms with Gasteiger partial charge in [0.1, 0.15) is 23.9 Å². The van der Waals surface area contributed by atoms with E-state index in [0.717, 1.165) is 5.56 Å². The Hall–Kier alpha value is -3.55. The summed E-state index contributed by atoms with van der Waals surface area (Å²) >= 11 is 0. The minimum absolute atomic E-state index is 0.285. The number of hydrogen-bond acceptors (Lipinski definition) is 5. The van der Waals surface area contributed by atoms with Gasteiger partial charge in [-0.2, -0.15) is 0 Å². The largest absolute Gasteiger partial charge is 0.497 e. The standard InChI is InChI=1S/C26H35N3O5/c1-7-16-29(22(30)17-27-25(32)34-26(3,4)5)23(19-10-8-18(2)9-11-19)24(31)28-20-12-14-21(33-6)15-13-20/h8-15,23H,7,16-17H2,1-6H3,(H,27,32)(H,28,31). The maximum atomic E-state index is 13.5. The molecule has 8 heteroatoms. The third-order valence-electron chi connectivity index (χ3n) is 4.88. The monoisotopic (exact) mass is 469 g/mol. The number of alkyl carbamates (subject to hydrolysis) is 1. The molecule has 0 aliphatic rings. The quantitative estimate of drug-likeness (QED) is 0.566. The van der Waals surface area contributed by atoms with Gasteiger partial charge in [0.05, 0.1) is 7.11 Å². The van der Waals surface area contributed by atoms with E-state index >= 15 is 0 Å². The van der Waals surface area contributed by atoms with Gasteiger partial charge >= 0.3 is 6.09 Å². The van der Waals surface area contributed by atoms with Gasteiger partial charge in [-0.15, -0.1) is 0 Å². The van der Waals surface area contributed by atoms with Gasteiger partial charge in [0.2, 0.25) is 5.91 Å². The van der Waals surface area contributed by atoms with Crippen LogP contribution in [0.25, 0.3) is 0 Å². The Morgan fingerprint density at radius 3 is 2.15 bits per heavy atom. The number of amides is 3. The molecule has 0 bridgehead atoms. The van der Waals surface area contributed by atoms with Crippen LogP contribution in [-0.2, 0) is 14.3 Å². The highest BCUT2D eigenvalue weighted by Gasteiger charge is 2.31. The van der Waals surface area contributed by atoms with Gasteiger partial charge in [0, 0.05) is 12.2 Å². The highest BCUT2D eigenvalue weighted by atomic mass is 16.6. The first-order valence-electron chi connectivity index (χ1n) is 11.3. The lowest BCUT2D eigenvalue weighted by Crippen LogP contribution is -2.46. The molecule has 3 amide bonds. The number of aryl methyl sites for hydroxylation is 1. The minimum atomic E-state index is -0.879. The molecule has 0 heterocycles. The second-order valence-electron chi connectivity index (χ2n) is 8.97. The smallest absolute Gasteiger partial charge is 0.408 e. The van der Waals surface area contributed by atoms with Crippen LogP contribution in [0.3, 0.4) is 0 Å². The predicted octanol–water partition coefficient (Wildman–Crippen LogP) is 4.45. The van der Waals surface area contributed by atoms with Crippen molar-refractivity contribution < 1.29 is 23.9 Å². The van der Waals surface area contributed by atoms with Crippen molar-refractivity contribution in [2.75, 3.05) is 25.5 Å². The normalized spacial score (nSPS) is 11.8. The zero-order valence-corrected chi connectivity index (χ0v) is 20.8. The van der Waals surface area contributed by atoms with Crippen LogP contribution in [0.4, 0.5) is 10.5 Å². The fourth-order valence-corrected chi connectivity index (χ4v) is 3.31. The molecule has 2 N–H and O–H groups in total. The third kappa shape index (κ3) is 8.10. The lowest BCUT2D eigenvalue weighted by molar-refractivity contribution is -0.138. The van der Waals surface area contributed by atoms with Crippen molar-refractivity contribution in [1.82, 2.24) is 10.2 Å². The van der Waals surface area contributed by atoms with Crippen LogP contribution in [-0.4, -0.2) is 48.6 Å². The Balaban J connectivity index is 2.29. The maximum absolute atomic E-state index is 13.5. The minimum Gasteiger partial charge on any atom is -0.497 e. The molecule has 0 spiro atoms. The van der Waals surface area contributed by atoms with Crippen molar-refractivity contribution >= 4 is 23.6 Å². The van der Waals surface area contributed by atoms with E-state index in [1.54, 1.807) is 52.1 Å². The molecule has 0 fully saturated rings. The molecule has 2 rings (SSSR count). The van der Waals surface area contributed by atoms with Crippen LogP contribution in [0.1, 0.15) is 51.3 Å². The third-order valence-corrected chi connectivity index (χ3v) is 4.88. The molecule has 0 radical (unpaired) electrons. The second-order valence-corrected chi connectivity index (χ2v) is 8.97. The summed E-state index contributed by atoms with van der Waals surface area (Å²) in [6, 6.07) is 13.6.